The molecule has 0 saturated carbocycles. The molecule has 0 radical (unpaired) electrons. The number of nitrogens with one attached hydrogen (secondary N) is 1. The molecule has 0 aliphatic rings. The molecule has 0 aromatic heterocycles. The molecule has 2 aromatic rings. The fraction of sp³-hybridized carbons (Fsp3) is 0.188. The molecule has 0 heterocycles. The standard InChI is InChI=1S/C16H16ClFN2O2/c1-20(9-10-21)12-7-5-11(6-8-12)19-16(22)13-3-2-4-14(17)15(13)18/h2-8,21H,9-10H2,1H3,(H,19,22). The fourth-order valence-corrected chi connectivity index (χ4v) is 2.13. The van der Waals surface area contributed by atoms with Crippen molar-refractivity contribution in [2.24, 2.45) is 0 Å². The van der Waals surface area contributed by atoms with Crippen LogP contribution in [0.15, 0.2) is 42.5 Å². The molecule has 2 N–H and O–H groups in total. The van der Waals surface area contributed by atoms with Gasteiger partial charge >= 0.3 is 0 Å². The summed E-state index contributed by atoms with van der Waals surface area (Å²) in [6.07, 6.45) is 0. The lowest BCUT2D eigenvalue weighted by molar-refractivity contribution is 0.102. The summed E-state index contributed by atoms with van der Waals surface area (Å²) in [6, 6.07) is 11.3. The van der Waals surface area contributed by atoms with Crippen LogP contribution in [0, 0.1) is 5.82 Å². The Morgan fingerprint density at radius 3 is 2.59 bits per heavy atom. The van der Waals surface area contributed by atoms with E-state index >= 15 is 0 Å². The van der Waals surface area contributed by atoms with Crippen molar-refractivity contribution < 1.29 is 14.3 Å². The minimum absolute atomic E-state index is 0.0586. The van der Waals surface area contributed by atoms with Gasteiger partial charge in [0.05, 0.1) is 17.2 Å². The molecule has 0 bridgehead atoms. The molecule has 0 fully saturated rings. The number of carbonyl (C=O) groups excluding carboxylic acids is 1. The molecule has 2 rings (SSSR count). The van der Waals surface area contributed by atoms with Gasteiger partial charge in [0.15, 0.2) is 5.82 Å². The van der Waals surface area contributed by atoms with Crippen molar-refractivity contribution in [2.75, 3.05) is 30.4 Å². The quantitative estimate of drug-likeness (QED) is 0.889. The average Bonchev–Trinajstić information content (AvgIpc) is 2.51. The largest absolute Gasteiger partial charge is 0.395 e. The Balaban J connectivity index is 2.10. The zero-order valence-electron chi connectivity index (χ0n) is 12.0. The van der Waals surface area contributed by atoms with Crippen molar-refractivity contribution >= 4 is 28.9 Å². The zero-order chi connectivity index (χ0) is 16.1. The van der Waals surface area contributed by atoms with Crippen LogP contribution in [0.1, 0.15) is 10.4 Å². The Morgan fingerprint density at radius 2 is 1.95 bits per heavy atom. The van der Waals surface area contributed by atoms with Crippen LogP contribution >= 0.6 is 11.6 Å². The van der Waals surface area contributed by atoms with Gasteiger partial charge in [-0.3, -0.25) is 4.79 Å². The van der Waals surface area contributed by atoms with Crippen molar-refractivity contribution in [2.45, 2.75) is 0 Å². The number of carbonyl (C=O) groups is 1. The van der Waals surface area contributed by atoms with Crippen LogP contribution in [0.25, 0.3) is 0 Å². The molecule has 116 valence electrons. The van der Waals surface area contributed by atoms with Crippen LogP contribution in [-0.4, -0.2) is 31.2 Å². The van der Waals surface area contributed by atoms with Gasteiger partial charge in [0.25, 0.3) is 5.91 Å². The molecular weight excluding hydrogens is 307 g/mol. The molecule has 0 spiro atoms. The maximum Gasteiger partial charge on any atom is 0.258 e. The van der Waals surface area contributed by atoms with Gasteiger partial charge in [-0.15, -0.1) is 0 Å². The van der Waals surface area contributed by atoms with Crippen molar-refractivity contribution in [1.29, 1.82) is 0 Å². The first-order chi connectivity index (χ1) is 10.5. The summed E-state index contributed by atoms with van der Waals surface area (Å²) in [6.45, 7) is 0.572. The normalized spacial score (nSPS) is 10.4. The van der Waals surface area contributed by atoms with E-state index < -0.39 is 11.7 Å². The van der Waals surface area contributed by atoms with Crippen molar-refractivity contribution in [3.05, 3.63) is 58.9 Å². The second-order valence-corrected chi connectivity index (χ2v) is 5.15. The summed E-state index contributed by atoms with van der Waals surface area (Å²) >= 11 is 5.67. The van der Waals surface area contributed by atoms with Crippen molar-refractivity contribution in [1.82, 2.24) is 0 Å². The van der Waals surface area contributed by atoms with E-state index in [-0.39, 0.29) is 17.2 Å². The molecular formula is C16H16ClFN2O2. The Bertz CT molecular complexity index is 662. The number of aliphatic hydroxyl groups is 1. The number of rotatable bonds is 5. The van der Waals surface area contributed by atoms with Crippen LogP contribution in [0.4, 0.5) is 15.8 Å². The van der Waals surface area contributed by atoms with E-state index in [1.165, 1.54) is 18.2 Å². The lowest BCUT2D eigenvalue weighted by atomic mass is 10.2. The number of nitrogens with zero attached hydrogens (tertiary/aromatic N) is 1. The third kappa shape index (κ3) is 3.75. The van der Waals surface area contributed by atoms with Gasteiger partial charge in [-0.1, -0.05) is 17.7 Å². The zero-order valence-corrected chi connectivity index (χ0v) is 12.8. The topological polar surface area (TPSA) is 52.6 Å². The van der Waals surface area contributed by atoms with Gasteiger partial charge in [0.2, 0.25) is 0 Å². The number of hydrogen-bond acceptors (Lipinski definition) is 3. The highest BCUT2D eigenvalue weighted by molar-refractivity contribution is 6.31. The number of likely N-dealkylation sites (N-methyl/N-ethyl adjacent to an activating group) is 1. The predicted molar refractivity (Wildman–Crippen MR) is 86.2 cm³/mol. The number of anilines is 2. The van der Waals surface area contributed by atoms with Crippen molar-refractivity contribution in [3.63, 3.8) is 0 Å². The lowest BCUT2D eigenvalue weighted by Gasteiger charge is -2.18. The second-order valence-electron chi connectivity index (χ2n) is 4.75. The highest BCUT2D eigenvalue weighted by Gasteiger charge is 2.14. The van der Waals surface area contributed by atoms with Crippen LogP contribution in [0.2, 0.25) is 5.02 Å². The third-order valence-electron chi connectivity index (χ3n) is 3.20. The van der Waals surface area contributed by atoms with Gasteiger partial charge in [0, 0.05) is 25.0 Å². The Hall–Kier alpha value is -2.11. The van der Waals surface area contributed by atoms with Gasteiger partial charge in [-0.2, -0.15) is 0 Å². The number of benzene rings is 2. The fourth-order valence-electron chi connectivity index (χ4n) is 1.96. The monoisotopic (exact) mass is 322 g/mol. The minimum Gasteiger partial charge on any atom is -0.395 e. The van der Waals surface area contributed by atoms with Crippen LogP contribution < -0.4 is 10.2 Å². The number of halogens is 2. The lowest BCUT2D eigenvalue weighted by Crippen LogP contribution is -2.21. The van der Waals surface area contributed by atoms with Crippen LogP contribution in [-0.2, 0) is 0 Å². The summed E-state index contributed by atoms with van der Waals surface area (Å²) in [5, 5.41) is 11.4. The first-order valence-electron chi connectivity index (χ1n) is 6.70. The molecule has 1 amide bonds. The maximum absolute atomic E-state index is 13.8. The summed E-state index contributed by atoms with van der Waals surface area (Å²) < 4.78 is 13.8. The second kappa shape index (κ2) is 7.24. The van der Waals surface area contributed by atoms with Crippen molar-refractivity contribution in [3.8, 4) is 0 Å². The van der Waals surface area contributed by atoms with Gasteiger partial charge in [0.1, 0.15) is 0 Å². The first kappa shape index (κ1) is 16.3. The van der Waals surface area contributed by atoms with E-state index in [1.807, 2.05) is 11.9 Å². The molecule has 4 nitrogen and oxygen atoms in total. The van der Waals surface area contributed by atoms with E-state index in [2.05, 4.69) is 5.32 Å². The van der Waals surface area contributed by atoms with Gasteiger partial charge in [-0.05, 0) is 36.4 Å². The van der Waals surface area contributed by atoms with Gasteiger partial charge < -0.3 is 15.3 Å². The first-order valence-corrected chi connectivity index (χ1v) is 7.08. The molecule has 6 heteroatoms. The Kier molecular flexibility index (Phi) is 5.35. The molecule has 0 atom stereocenters. The number of hydrogen-bond donors (Lipinski definition) is 2. The molecule has 2 aromatic carbocycles. The highest BCUT2D eigenvalue weighted by atomic mass is 35.5. The van der Waals surface area contributed by atoms with Crippen LogP contribution in [0.3, 0.4) is 0 Å². The molecule has 22 heavy (non-hydrogen) atoms. The Morgan fingerprint density at radius 1 is 1.27 bits per heavy atom. The molecule has 0 unspecified atom stereocenters. The number of amides is 1. The molecule has 0 saturated heterocycles. The van der Waals surface area contributed by atoms with Gasteiger partial charge in [-0.25, -0.2) is 4.39 Å². The van der Waals surface area contributed by atoms with E-state index in [0.29, 0.717) is 12.2 Å². The minimum atomic E-state index is -0.735. The summed E-state index contributed by atoms with van der Waals surface area (Å²) in [5.74, 6) is -1.29. The predicted octanol–water partition coefficient (Wildman–Crippen LogP) is 3.16. The highest BCUT2D eigenvalue weighted by Crippen LogP contribution is 2.20. The summed E-state index contributed by atoms with van der Waals surface area (Å²) in [5.41, 5.74) is 1.35. The SMILES string of the molecule is CN(CCO)c1ccc(NC(=O)c2cccc(Cl)c2F)cc1. The Labute approximate surface area is 133 Å². The summed E-state index contributed by atoms with van der Waals surface area (Å²) in [7, 11) is 1.85. The smallest absolute Gasteiger partial charge is 0.258 e. The van der Waals surface area contributed by atoms with E-state index in [9.17, 15) is 9.18 Å². The molecule has 0 aliphatic carbocycles. The summed E-state index contributed by atoms with van der Waals surface area (Å²) in [4.78, 5) is 13.9. The van der Waals surface area contributed by atoms with E-state index in [1.54, 1.807) is 24.3 Å². The third-order valence-corrected chi connectivity index (χ3v) is 3.49. The molecule has 0 aliphatic heterocycles. The maximum atomic E-state index is 13.8. The average molecular weight is 323 g/mol. The number of aliphatic hydroxyl groups excluding tert-OH is 1. The van der Waals surface area contributed by atoms with Crippen LogP contribution in [0.5, 0.6) is 0 Å². The van der Waals surface area contributed by atoms with E-state index in [4.69, 9.17) is 16.7 Å². The van der Waals surface area contributed by atoms with E-state index in [0.717, 1.165) is 5.69 Å².